The Morgan fingerprint density at radius 1 is 1.33 bits per heavy atom. The average Bonchev–Trinajstić information content (AvgIpc) is 2.59. The maximum Gasteiger partial charge on any atom is 0.223 e. The third-order valence-electron chi connectivity index (χ3n) is 4.57. The monoisotopic (exact) mass is 350 g/mol. The van der Waals surface area contributed by atoms with Crippen LogP contribution in [0.1, 0.15) is 24.8 Å². The van der Waals surface area contributed by atoms with Crippen LogP contribution in [-0.4, -0.2) is 66.9 Å². The van der Waals surface area contributed by atoms with Crippen molar-refractivity contribution in [3.63, 3.8) is 0 Å². The number of aliphatic hydroxyl groups excluding tert-OH is 1. The lowest BCUT2D eigenvalue weighted by Gasteiger charge is -2.43. The number of nitrogens with zero attached hydrogens (tertiary/aromatic N) is 2. The fourth-order valence-electron chi connectivity index (χ4n) is 3.48. The third-order valence-corrected chi connectivity index (χ3v) is 5.60. The third kappa shape index (κ3) is 5.80. The number of rotatable bonds is 8. The molecule has 134 valence electrons. The van der Waals surface area contributed by atoms with E-state index in [1.165, 1.54) is 5.56 Å². The normalized spacial score (nSPS) is 21.2. The summed E-state index contributed by atoms with van der Waals surface area (Å²) in [6.07, 6.45) is 2.56. The van der Waals surface area contributed by atoms with Crippen LogP contribution in [0.2, 0.25) is 0 Å². The number of carbonyl (C=O) groups excluding carboxylic acids is 1. The minimum Gasteiger partial charge on any atom is -0.396 e. The van der Waals surface area contributed by atoms with Crippen molar-refractivity contribution >= 4 is 17.7 Å². The maximum absolute atomic E-state index is 12.5. The van der Waals surface area contributed by atoms with E-state index in [1.807, 2.05) is 49.0 Å². The lowest BCUT2D eigenvalue weighted by Crippen LogP contribution is -2.52. The second-order valence-corrected chi connectivity index (χ2v) is 8.21. The Hall–Kier alpha value is -1.04. The van der Waals surface area contributed by atoms with Gasteiger partial charge in [-0.1, -0.05) is 30.3 Å². The van der Waals surface area contributed by atoms with Crippen LogP contribution in [0, 0.1) is 5.41 Å². The number of carbonyl (C=O) groups is 1. The van der Waals surface area contributed by atoms with E-state index in [0.717, 1.165) is 37.4 Å². The molecule has 1 heterocycles. The van der Waals surface area contributed by atoms with E-state index < -0.39 is 0 Å². The summed E-state index contributed by atoms with van der Waals surface area (Å²) in [4.78, 5) is 16.6. The summed E-state index contributed by atoms with van der Waals surface area (Å²) >= 11 is 1.81. The number of likely N-dealkylation sites (tertiary alicyclic amines) is 1. The molecule has 2 rings (SSSR count). The number of hydrogen-bond acceptors (Lipinski definition) is 4. The number of thioether (sulfide) groups is 1. The minimum absolute atomic E-state index is 0.151. The molecule has 1 aliphatic rings. The van der Waals surface area contributed by atoms with Crippen LogP contribution in [0.25, 0.3) is 0 Å². The summed E-state index contributed by atoms with van der Waals surface area (Å²) in [5.74, 6) is 2.03. The number of benzene rings is 1. The smallest absolute Gasteiger partial charge is 0.223 e. The van der Waals surface area contributed by atoms with Gasteiger partial charge in [-0.3, -0.25) is 4.79 Å². The van der Waals surface area contributed by atoms with Crippen molar-refractivity contribution < 1.29 is 9.90 Å². The van der Waals surface area contributed by atoms with Crippen LogP contribution < -0.4 is 0 Å². The second-order valence-electron chi connectivity index (χ2n) is 7.10. The van der Waals surface area contributed by atoms with E-state index in [1.54, 1.807) is 0 Å². The predicted octanol–water partition coefficient (Wildman–Crippen LogP) is 2.47. The molecule has 0 radical (unpaired) electrons. The van der Waals surface area contributed by atoms with Crippen molar-refractivity contribution in [1.29, 1.82) is 0 Å². The molecule has 1 atom stereocenters. The fraction of sp³-hybridized carbons (Fsp3) is 0.632. The molecule has 1 saturated heterocycles. The highest BCUT2D eigenvalue weighted by Gasteiger charge is 2.36. The lowest BCUT2D eigenvalue weighted by molar-refractivity contribution is -0.135. The molecule has 1 N–H and O–H groups in total. The quantitative estimate of drug-likeness (QED) is 0.732. The molecular weight excluding hydrogens is 320 g/mol. The van der Waals surface area contributed by atoms with Crippen molar-refractivity contribution in [1.82, 2.24) is 9.80 Å². The SMILES string of the molecule is CN(C)C[C@@]1(CO)CCCN(C(=O)CCSCc2ccccc2)C1. The standard InChI is InChI=1S/C19H30N2O2S/c1-20(2)14-19(16-22)10-6-11-21(15-19)18(23)9-12-24-13-17-7-4-3-5-8-17/h3-5,7-8,22H,6,9-16H2,1-2H3/t19-/m0/s1. The Bertz CT molecular complexity index is 509. The van der Waals surface area contributed by atoms with Gasteiger partial charge in [-0.05, 0) is 32.5 Å². The van der Waals surface area contributed by atoms with Crippen molar-refractivity contribution in [2.24, 2.45) is 5.41 Å². The molecule has 0 saturated carbocycles. The van der Waals surface area contributed by atoms with E-state index in [-0.39, 0.29) is 17.9 Å². The molecule has 24 heavy (non-hydrogen) atoms. The topological polar surface area (TPSA) is 43.8 Å². The molecule has 4 nitrogen and oxygen atoms in total. The summed E-state index contributed by atoms with van der Waals surface area (Å²) in [6, 6.07) is 10.4. The van der Waals surface area contributed by atoms with Gasteiger partial charge >= 0.3 is 0 Å². The van der Waals surface area contributed by atoms with Gasteiger partial charge in [0.1, 0.15) is 0 Å². The number of piperidine rings is 1. The van der Waals surface area contributed by atoms with E-state index in [0.29, 0.717) is 13.0 Å². The zero-order valence-electron chi connectivity index (χ0n) is 14.9. The highest BCUT2D eigenvalue weighted by Crippen LogP contribution is 2.30. The molecule has 1 aromatic carbocycles. The zero-order chi connectivity index (χ0) is 17.4. The summed E-state index contributed by atoms with van der Waals surface area (Å²) < 4.78 is 0. The first kappa shape index (κ1) is 19.3. The molecule has 0 spiro atoms. The Morgan fingerprint density at radius 2 is 2.08 bits per heavy atom. The van der Waals surface area contributed by atoms with Crippen molar-refractivity contribution in [3.05, 3.63) is 35.9 Å². The number of aliphatic hydroxyl groups is 1. The molecule has 0 bridgehead atoms. The van der Waals surface area contributed by atoms with Gasteiger partial charge in [0.25, 0.3) is 0 Å². The first-order valence-corrected chi connectivity index (χ1v) is 9.85. The number of hydrogen-bond donors (Lipinski definition) is 1. The first-order chi connectivity index (χ1) is 11.5. The summed E-state index contributed by atoms with van der Waals surface area (Å²) in [5, 5.41) is 9.86. The van der Waals surface area contributed by atoms with E-state index >= 15 is 0 Å². The van der Waals surface area contributed by atoms with Crippen LogP contribution >= 0.6 is 11.8 Å². The maximum atomic E-state index is 12.5. The molecule has 0 aliphatic carbocycles. The zero-order valence-corrected chi connectivity index (χ0v) is 15.7. The van der Waals surface area contributed by atoms with Crippen LogP contribution in [0.15, 0.2) is 30.3 Å². The second kappa shape index (κ2) is 9.44. The van der Waals surface area contributed by atoms with Gasteiger partial charge in [0, 0.05) is 43.0 Å². The molecule has 1 aliphatic heterocycles. The Labute approximate surface area is 150 Å². The Balaban J connectivity index is 1.77. The molecule has 1 fully saturated rings. The largest absolute Gasteiger partial charge is 0.396 e. The Kier molecular flexibility index (Phi) is 7.59. The van der Waals surface area contributed by atoms with Crippen LogP contribution in [0.5, 0.6) is 0 Å². The predicted molar refractivity (Wildman–Crippen MR) is 101 cm³/mol. The summed E-state index contributed by atoms with van der Waals surface area (Å²) in [7, 11) is 4.05. The van der Waals surface area contributed by atoms with Gasteiger partial charge in [0.15, 0.2) is 0 Å². The fourth-order valence-corrected chi connectivity index (χ4v) is 4.37. The van der Waals surface area contributed by atoms with Gasteiger partial charge in [-0.15, -0.1) is 0 Å². The van der Waals surface area contributed by atoms with E-state index in [2.05, 4.69) is 17.0 Å². The van der Waals surface area contributed by atoms with Gasteiger partial charge in [0.2, 0.25) is 5.91 Å². The molecule has 0 aromatic heterocycles. The van der Waals surface area contributed by atoms with Gasteiger partial charge in [-0.2, -0.15) is 11.8 Å². The van der Waals surface area contributed by atoms with Crippen LogP contribution in [0.4, 0.5) is 0 Å². The van der Waals surface area contributed by atoms with Crippen molar-refractivity contribution in [2.45, 2.75) is 25.0 Å². The lowest BCUT2D eigenvalue weighted by atomic mass is 9.80. The molecule has 1 amide bonds. The van der Waals surface area contributed by atoms with E-state index in [4.69, 9.17) is 0 Å². The van der Waals surface area contributed by atoms with Gasteiger partial charge in [0.05, 0.1) is 6.61 Å². The highest BCUT2D eigenvalue weighted by atomic mass is 32.2. The van der Waals surface area contributed by atoms with Crippen LogP contribution in [0.3, 0.4) is 0 Å². The van der Waals surface area contributed by atoms with Crippen molar-refractivity contribution in [2.75, 3.05) is 46.1 Å². The molecule has 1 aromatic rings. The number of amides is 1. The first-order valence-electron chi connectivity index (χ1n) is 8.70. The van der Waals surface area contributed by atoms with Crippen molar-refractivity contribution in [3.8, 4) is 0 Å². The molecule has 5 heteroatoms. The molecular formula is C19H30N2O2S. The molecule has 0 unspecified atom stereocenters. The average molecular weight is 351 g/mol. The Morgan fingerprint density at radius 3 is 2.75 bits per heavy atom. The minimum atomic E-state index is -0.158. The summed E-state index contributed by atoms with van der Waals surface area (Å²) in [6.45, 7) is 2.50. The van der Waals surface area contributed by atoms with Crippen LogP contribution in [-0.2, 0) is 10.5 Å². The van der Waals surface area contributed by atoms with E-state index in [9.17, 15) is 9.90 Å². The summed E-state index contributed by atoms with van der Waals surface area (Å²) in [5.41, 5.74) is 1.15. The van der Waals surface area contributed by atoms with Gasteiger partial charge < -0.3 is 14.9 Å². The van der Waals surface area contributed by atoms with Gasteiger partial charge in [-0.25, -0.2) is 0 Å². The highest BCUT2D eigenvalue weighted by molar-refractivity contribution is 7.98.